The van der Waals surface area contributed by atoms with Gasteiger partial charge in [0.25, 0.3) is 0 Å². The van der Waals surface area contributed by atoms with Gasteiger partial charge < -0.3 is 10.2 Å². The number of aromatic nitrogens is 1. The SMILES string of the molecule is CC1(C)CC(=O)c2sc(NC(=O)[C@@H]3CC(=O)N(c4ccc(Cl)cc4)C3)nc2C1. The first-order valence-corrected chi connectivity index (χ1v) is 10.3. The minimum Gasteiger partial charge on any atom is -0.312 e. The number of Topliss-reactive ketones (excluding diaryl/α,β-unsaturated/α-hetero) is 1. The first kappa shape index (κ1) is 19.1. The fourth-order valence-electron chi connectivity index (χ4n) is 3.73. The molecule has 4 rings (SSSR count). The van der Waals surface area contributed by atoms with Crippen molar-refractivity contribution in [1.29, 1.82) is 0 Å². The Labute approximate surface area is 171 Å². The molecule has 2 aliphatic rings. The highest BCUT2D eigenvalue weighted by atomic mass is 35.5. The van der Waals surface area contributed by atoms with Crippen LogP contribution in [0.25, 0.3) is 0 Å². The predicted octanol–water partition coefficient (Wildman–Crippen LogP) is 3.94. The van der Waals surface area contributed by atoms with Crippen molar-refractivity contribution in [2.24, 2.45) is 11.3 Å². The van der Waals surface area contributed by atoms with Crippen molar-refractivity contribution in [2.75, 3.05) is 16.8 Å². The Balaban J connectivity index is 1.46. The zero-order chi connectivity index (χ0) is 20.1. The highest BCUT2D eigenvalue weighted by Gasteiger charge is 2.37. The van der Waals surface area contributed by atoms with Gasteiger partial charge in [-0.3, -0.25) is 14.4 Å². The molecule has 2 amide bonds. The van der Waals surface area contributed by atoms with E-state index in [-0.39, 0.29) is 29.4 Å². The molecule has 1 aromatic carbocycles. The number of nitrogens with zero attached hydrogens (tertiary/aromatic N) is 2. The van der Waals surface area contributed by atoms with Crippen LogP contribution in [0.15, 0.2) is 24.3 Å². The van der Waals surface area contributed by atoms with E-state index in [1.54, 1.807) is 29.2 Å². The third-order valence-electron chi connectivity index (χ3n) is 5.10. The molecule has 2 heterocycles. The van der Waals surface area contributed by atoms with Crippen molar-refractivity contribution in [3.63, 3.8) is 0 Å². The summed E-state index contributed by atoms with van der Waals surface area (Å²) < 4.78 is 0. The number of fused-ring (bicyclic) bond motifs is 1. The van der Waals surface area contributed by atoms with E-state index >= 15 is 0 Å². The minimum absolute atomic E-state index is 0.0780. The fraction of sp³-hybridized carbons (Fsp3) is 0.400. The number of benzene rings is 1. The normalized spacial score (nSPS) is 21.0. The molecule has 1 N–H and O–H groups in total. The van der Waals surface area contributed by atoms with Gasteiger partial charge in [0, 0.05) is 30.1 Å². The van der Waals surface area contributed by atoms with E-state index in [1.807, 2.05) is 13.8 Å². The molecular weight excluding hydrogens is 398 g/mol. The standard InChI is InChI=1S/C20H20ClN3O3S/c1-20(2)8-14-17(15(25)9-20)28-19(22-14)23-18(27)11-7-16(26)24(10-11)13-5-3-12(21)4-6-13/h3-6,11H,7-10H2,1-2H3,(H,22,23,27)/t11-/m1/s1. The topological polar surface area (TPSA) is 79.4 Å². The quantitative estimate of drug-likeness (QED) is 0.820. The molecular formula is C20H20ClN3O3S. The van der Waals surface area contributed by atoms with E-state index in [4.69, 9.17) is 11.6 Å². The number of ketones is 1. The molecule has 8 heteroatoms. The Morgan fingerprint density at radius 1 is 1.25 bits per heavy atom. The maximum atomic E-state index is 12.7. The summed E-state index contributed by atoms with van der Waals surface area (Å²) in [5.41, 5.74) is 1.37. The van der Waals surface area contributed by atoms with E-state index in [0.29, 0.717) is 34.4 Å². The van der Waals surface area contributed by atoms with Gasteiger partial charge >= 0.3 is 0 Å². The monoisotopic (exact) mass is 417 g/mol. The number of halogens is 1. The zero-order valence-electron chi connectivity index (χ0n) is 15.6. The molecule has 1 saturated heterocycles. The smallest absolute Gasteiger partial charge is 0.231 e. The lowest BCUT2D eigenvalue weighted by atomic mass is 9.78. The van der Waals surface area contributed by atoms with Crippen molar-refractivity contribution in [2.45, 2.75) is 33.1 Å². The minimum atomic E-state index is -0.462. The Bertz CT molecular complexity index is 968. The first-order chi connectivity index (χ1) is 13.2. The average molecular weight is 418 g/mol. The molecule has 2 aromatic rings. The number of rotatable bonds is 3. The summed E-state index contributed by atoms with van der Waals surface area (Å²) >= 11 is 7.12. The van der Waals surface area contributed by atoms with Gasteiger partial charge in [-0.25, -0.2) is 4.98 Å². The molecule has 1 aliphatic heterocycles. The highest BCUT2D eigenvalue weighted by molar-refractivity contribution is 7.17. The second-order valence-corrected chi connectivity index (χ2v) is 9.54. The Morgan fingerprint density at radius 2 is 1.96 bits per heavy atom. The van der Waals surface area contributed by atoms with Crippen molar-refractivity contribution in [3.8, 4) is 0 Å². The van der Waals surface area contributed by atoms with E-state index in [9.17, 15) is 14.4 Å². The van der Waals surface area contributed by atoms with Gasteiger partial charge in [-0.05, 0) is 36.1 Å². The second-order valence-electron chi connectivity index (χ2n) is 8.11. The number of amides is 2. The Kier molecular flexibility index (Phi) is 4.75. The fourth-order valence-corrected chi connectivity index (χ4v) is 4.78. The summed E-state index contributed by atoms with van der Waals surface area (Å²) in [6, 6.07) is 6.97. The number of nitrogens with one attached hydrogen (secondary N) is 1. The van der Waals surface area contributed by atoms with E-state index in [0.717, 1.165) is 11.4 Å². The molecule has 1 atom stereocenters. The third kappa shape index (κ3) is 3.69. The van der Waals surface area contributed by atoms with Crippen molar-refractivity contribution in [3.05, 3.63) is 39.9 Å². The van der Waals surface area contributed by atoms with Crippen LogP contribution in [-0.2, 0) is 16.0 Å². The predicted molar refractivity (Wildman–Crippen MR) is 109 cm³/mol. The van der Waals surface area contributed by atoms with Gasteiger partial charge in [0.1, 0.15) is 0 Å². The highest BCUT2D eigenvalue weighted by Crippen LogP contribution is 2.38. The number of thiazole rings is 1. The van der Waals surface area contributed by atoms with Crippen LogP contribution >= 0.6 is 22.9 Å². The van der Waals surface area contributed by atoms with Gasteiger partial charge in [0.2, 0.25) is 11.8 Å². The van der Waals surface area contributed by atoms with Crippen LogP contribution in [0.2, 0.25) is 5.02 Å². The van der Waals surface area contributed by atoms with Gasteiger partial charge in [0.15, 0.2) is 10.9 Å². The number of carbonyl (C=O) groups is 3. The summed E-state index contributed by atoms with van der Waals surface area (Å²) in [6.07, 6.45) is 1.35. The summed E-state index contributed by atoms with van der Waals surface area (Å²) in [5.74, 6) is -0.731. The van der Waals surface area contributed by atoms with Crippen LogP contribution in [0, 0.1) is 11.3 Å². The van der Waals surface area contributed by atoms with Crippen LogP contribution in [0.3, 0.4) is 0 Å². The lowest BCUT2D eigenvalue weighted by molar-refractivity contribution is -0.122. The molecule has 1 aromatic heterocycles. The van der Waals surface area contributed by atoms with Gasteiger partial charge in [0.05, 0.1) is 16.5 Å². The summed E-state index contributed by atoms with van der Waals surface area (Å²) in [4.78, 5) is 44.1. The van der Waals surface area contributed by atoms with Crippen LogP contribution in [0.4, 0.5) is 10.8 Å². The molecule has 28 heavy (non-hydrogen) atoms. The lowest BCUT2D eigenvalue weighted by Gasteiger charge is -2.26. The van der Waals surface area contributed by atoms with Crippen LogP contribution in [0.5, 0.6) is 0 Å². The number of anilines is 2. The van der Waals surface area contributed by atoms with Crippen molar-refractivity contribution in [1.82, 2.24) is 4.98 Å². The third-order valence-corrected chi connectivity index (χ3v) is 6.41. The molecule has 0 spiro atoms. The molecule has 1 fully saturated rings. The van der Waals surface area contributed by atoms with E-state index in [2.05, 4.69) is 10.3 Å². The van der Waals surface area contributed by atoms with Crippen LogP contribution in [0.1, 0.15) is 42.1 Å². The lowest BCUT2D eigenvalue weighted by Crippen LogP contribution is -2.28. The van der Waals surface area contributed by atoms with Crippen LogP contribution in [-0.4, -0.2) is 29.1 Å². The average Bonchev–Trinajstić information content (AvgIpc) is 3.18. The van der Waals surface area contributed by atoms with E-state index < -0.39 is 5.92 Å². The Hall–Kier alpha value is -2.25. The van der Waals surface area contributed by atoms with Crippen LogP contribution < -0.4 is 10.2 Å². The molecule has 0 bridgehead atoms. The van der Waals surface area contributed by atoms with Gasteiger partial charge in [-0.2, -0.15) is 0 Å². The first-order valence-electron chi connectivity index (χ1n) is 9.11. The maximum Gasteiger partial charge on any atom is 0.231 e. The van der Waals surface area contributed by atoms with Gasteiger partial charge in [-0.1, -0.05) is 36.8 Å². The summed E-state index contributed by atoms with van der Waals surface area (Å²) in [6.45, 7) is 4.39. The molecule has 6 nitrogen and oxygen atoms in total. The molecule has 0 radical (unpaired) electrons. The van der Waals surface area contributed by atoms with Crippen molar-refractivity contribution >= 4 is 51.4 Å². The summed E-state index contributed by atoms with van der Waals surface area (Å²) in [7, 11) is 0. The molecule has 146 valence electrons. The number of hydrogen-bond acceptors (Lipinski definition) is 5. The second kappa shape index (κ2) is 6.97. The van der Waals surface area contributed by atoms with Crippen molar-refractivity contribution < 1.29 is 14.4 Å². The molecule has 0 saturated carbocycles. The molecule has 0 unspecified atom stereocenters. The number of carbonyl (C=O) groups excluding carboxylic acids is 3. The number of hydrogen-bond donors (Lipinski definition) is 1. The van der Waals surface area contributed by atoms with E-state index in [1.165, 1.54) is 11.3 Å². The maximum absolute atomic E-state index is 12.7. The Morgan fingerprint density at radius 3 is 2.68 bits per heavy atom. The summed E-state index contributed by atoms with van der Waals surface area (Å²) in [5, 5.41) is 3.83. The largest absolute Gasteiger partial charge is 0.312 e. The molecule has 1 aliphatic carbocycles. The van der Waals surface area contributed by atoms with Gasteiger partial charge in [-0.15, -0.1) is 0 Å². The zero-order valence-corrected chi connectivity index (χ0v) is 17.2.